The van der Waals surface area contributed by atoms with E-state index in [4.69, 9.17) is 5.73 Å². The van der Waals surface area contributed by atoms with Gasteiger partial charge in [0.15, 0.2) is 0 Å². The molecule has 0 aromatic heterocycles. The van der Waals surface area contributed by atoms with Crippen LogP contribution in [-0.4, -0.2) is 14.1 Å². The van der Waals surface area contributed by atoms with Crippen molar-refractivity contribution < 1.29 is 0 Å². The van der Waals surface area contributed by atoms with Crippen LogP contribution >= 0.6 is 0 Å². The molecule has 1 rings (SSSR count). The summed E-state index contributed by atoms with van der Waals surface area (Å²) in [5, 5.41) is 2.96. The molecule has 5 N–H and O–H groups in total. The second kappa shape index (κ2) is 6.79. The molecule has 3 heteroatoms. The van der Waals surface area contributed by atoms with Gasteiger partial charge in [-0.25, -0.2) is 0 Å². The van der Waals surface area contributed by atoms with E-state index < -0.39 is 0 Å². The van der Waals surface area contributed by atoms with Crippen molar-refractivity contribution in [1.29, 1.82) is 0 Å². The van der Waals surface area contributed by atoms with Crippen LogP contribution in [0.1, 0.15) is 11.7 Å². The Labute approximate surface area is 73.8 Å². The summed E-state index contributed by atoms with van der Waals surface area (Å²) in [7, 11) is 3.34. The predicted molar refractivity (Wildman–Crippen MR) is 52.5 cm³/mol. The monoisotopic (exact) mass is 167 g/mol. The lowest BCUT2D eigenvalue weighted by Gasteiger charge is -2.08. The predicted octanol–water partition coefficient (Wildman–Crippen LogP) is 0.438. The Morgan fingerprint density at radius 1 is 1.17 bits per heavy atom. The molecule has 0 fully saturated rings. The molecule has 0 amide bonds. The third-order valence-electron chi connectivity index (χ3n) is 1.47. The third kappa shape index (κ3) is 3.48. The van der Waals surface area contributed by atoms with Crippen LogP contribution in [0.2, 0.25) is 0 Å². The van der Waals surface area contributed by atoms with Gasteiger partial charge in [0.25, 0.3) is 0 Å². The standard InChI is InChI=1S/C8H12N2.CH5N/c1-10-8(9)7-5-3-2-4-6-7;1-2/h2-6,8,10H,9H2,1H3;2H2,1H3. The van der Waals surface area contributed by atoms with Gasteiger partial charge in [0.05, 0.1) is 6.17 Å². The Kier molecular flexibility index (Phi) is 6.28. The summed E-state index contributed by atoms with van der Waals surface area (Å²) in [5.74, 6) is 0. The summed E-state index contributed by atoms with van der Waals surface area (Å²) in [4.78, 5) is 0. The number of rotatable bonds is 2. The molecule has 1 aromatic carbocycles. The molecule has 0 aliphatic heterocycles. The molecule has 0 saturated heterocycles. The SMILES string of the molecule is CN.CNC(N)c1ccccc1. The highest BCUT2D eigenvalue weighted by molar-refractivity contribution is 5.17. The maximum atomic E-state index is 5.68. The van der Waals surface area contributed by atoms with Crippen LogP contribution < -0.4 is 16.8 Å². The molecule has 0 spiro atoms. The summed E-state index contributed by atoms with van der Waals surface area (Å²) < 4.78 is 0. The largest absolute Gasteiger partial charge is 0.333 e. The van der Waals surface area contributed by atoms with Gasteiger partial charge in [0.1, 0.15) is 0 Å². The van der Waals surface area contributed by atoms with E-state index in [0.29, 0.717) is 0 Å². The minimum atomic E-state index is -0.0406. The molecule has 12 heavy (non-hydrogen) atoms. The number of hydrogen-bond acceptors (Lipinski definition) is 3. The van der Waals surface area contributed by atoms with E-state index in [1.165, 1.54) is 7.05 Å². The van der Waals surface area contributed by atoms with Gasteiger partial charge in [-0.05, 0) is 19.7 Å². The first kappa shape index (κ1) is 11.1. The van der Waals surface area contributed by atoms with Crippen molar-refractivity contribution >= 4 is 0 Å². The Balaban J connectivity index is 0.000000561. The highest BCUT2D eigenvalue weighted by Gasteiger charge is 1.98. The zero-order valence-corrected chi connectivity index (χ0v) is 7.62. The summed E-state index contributed by atoms with van der Waals surface area (Å²) in [6, 6.07) is 9.94. The number of benzene rings is 1. The van der Waals surface area contributed by atoms with Crippen LogP contribution in [0.25, 0.3) is 0 Å². The van der Waals surface area contributed by atoms with Crippen LogP contribution in [0.5, 0.6) is 0 Å². The molecule has 0 aliphatic carbocycles. The molecule has 0 aliphatic rings. The van der Waals surface area contributed by atoms with Gasteiger partial charge >= 0.3 is 0 Å². The molecule has 1 unspecified atom stereocenters. The molecule has 0 saturated carbocycles. The lowest BCUT2D eigenvalue weighted by Crippen LogP contribution is -2.24. The van der Waals surface area contributed by atoms with E-state index in [9.17, 15) is 0 Å². The fourth-order valence-corrected chi connectivity index (χ4v) is 0.827. The smallest absolute Gasteiger partial charge is 0.0807 e. The van der Waals surface area contributed by atoms with Crippen molar-refractivity contribution in [3.63, 3.8) is 0 Å². The Morgan fingerprint density at radius 2 is 1.67 bits per heavy atom. The minimum absolute atomic E-state index is 0.0406. The number of nitrogens with two attached hydrogens (primary N) is 2. The molecule has 0 radical (unpaired) electrons. The van der Waals surface area contributed by atoms with Crippen molar-refractivity contribution in [2.24, 2.45) is 11.5 Å². The molecular weight excluding hydrogens is 150 g/mol. The molecular formula is C9H17N3. The van der Waals surface area contributed by atoms with Crippen LogP contribution in [0.15, 0.2) is 30.3 Å². The van der Waals surface area contributed by atoms with E-state index in [0.717, 1.165) is 5.56 Å². The van der Waals surface area contributed by atoms with Crippen LogP contribution in [0.4, 0.5) is 0 Å². The summed E-state index contributed by atoms with van der Waals surface area (Å²) in [6.45, 7) is 0. The average Bonchev–Trinajstić information content (AvgIpc) is 2.21. The van der Waals surface area contributed by atoms with Crippen molar-refractivity contribution in [2.75, 3.05) is 14.1 Å². The molecule has 0 bridgehead atoms. The molecule has 1 aromatic rings. The van der Waals surface area contributed by atoms with Gasteiger partial charge < -0.3 is 16.8 Å². The van der Waals surface area contributed by atoms with Gasteiger partial charge in [0, 0.05) is 0 Å². The molecule has 3 nitrogen and oxygen atoms in total. The summed E-state index contributed by atoms with van der Waals surface area (Å²) in [5.41, 5.74) is 11.3. The average molecular weight is 167 g/mol. The Morgan fingerprint density at radius 3 is 2.08 bits per heavy atom. The zero-order valence-electron chi connectivity index (χ0n) is 7.62. The van der Waals surface area contributed by atoms with Crippen LogP contribution in [-0.2, 0) is 0 Å². The summed E-state index contributed by atoms with van der Waals surface area (Å²) >= 11 is 0. The fourth-order valence-electron chi connectivity index (χ4n) is 0.827. The summed E-state index contributed by atoms with van der Waals surface area (Å²) in [6.07, 6.45) is -0.0406. The Bertz CT molecular complexity index is 186. The zero-order chi connectivity index (χ0) is 9.40. The van der Waals surface area contributed by atoms with E-state index in [1.807, 2.05) is 37.4 Å². The first-order valence-corrected chi connectivity index (χ1v) is 3.90. The van der Waals surface area contributed by atoms with Crippen molar-refractivity contribution in [3.05, 3.63) is 35.9 Å². The lowest BCUT2D eigenvalue weighted by atomic mass is 10.2. The van der Waals surface area contributed by atoms with Crippen molar-refractivity contribution in [2.45, 2.75) is 6.17 Å². The highest BCUT2D eigenvalue weighted by atomic mass is 15.0. The Hall–Kier alpha value is -0.900. The topological polar surface area (TPSA) is 64.1 Å². The van der Waals surface area contributed by atoms with E-state index in [-0.39, 0.29) is 6.17 Å². The lowest BCUT2D eigenvalue weighted by molar-refractivity contribution is 0.622. The van der Waals surface area contributed by atoms with Crippen molar-refractivity contribution in [1.82, 2.24) is 5.32 Å². The number of nitrogens with one attached hydrogen (secondary N) is 1. The quantitative estimate of drug-likeness (QED) is 0.560. The van der Waals surface area contributed by atoms with E-state index >= 15 is 0 Å². The van der Waals surface area contributed by atoms with Gasteiger partial charge in [-0.2, -0.15) is 0 Å². The number of hydrogen-bond donors (Lipinski definition) is 3. The molecule has 68 valence electrons. The minimum Gasteiger partial charge on any atom is -0.333 e. The normalized spacial score (nSPS) is 11.3. The fraction of sp³-hybridized carbons (Fsp3) is 0.333. The first-order valence-electron chi connectivity index (χ1n) is 3.90. The van der Waals surface area contributed by atoms with Crippen LogP contribution in [0.3, 0.4) is 0 Å². The van der Waals surface area contributed by atoms with Gasteiger partial charge in [-0.15, -0.1) is 0 Å². The van der Waals surface area contributed by atoms with Gasteiger partial charge in [-0.1, -0.05) is 30.3 Å². The maximum Gasteiger partial charge on any atom is 0.0807 e. The maximum absolute atomic E-state index is 5.68. The van der Waals surface area contributed by atoms with Crippen molar-refractivity contribution in [3.8, 4) is 0 Å². The first-order chi connectivity index (χ1) is 5.84. The van der Waals surface area contributed by atoms with Crippen LogP contribution in [0, 0.1) is 0 Å². The molecule has 1 atom stereocenters. The second-order valence-electron chi connectivity index (χ2n) is 2.18. The highest BCUT2D eigenvalue weighted by Crippen LogP contribution is 2.04. The van der Waals surface area contributed by atoms with E-state index in [1.54, 1.807) is 0 Å². The van der Waals surface area contributed by atoms with Gasteiger partial charge in [0.2, 0.25) is 0 Å². The third-order valence-corrected chi connectivity index (χ3v) is 1.47. The second-order valence-corrected chi connectivity index (χ2v) is 2.18. The van der Waals surface area contributed by atoms with E-state index in [2.05, 4.69) is 11.1 Å². The van der Waals surface area contributed by atoms with Gasteiger partial charge in [-0.3, -0.25) is 0 Å². The molecule has 0 heterocycles.